The molecule has 0 fully saturated rings. The fourth-order valence-corrected chi connectivity index (χ4v) is 2.25. The van der Waals surface area contributed by atoms with E-state index in [4.69, 9.17) is 5.26 Å². The van der Waals surface area contributed by atoms with E-state index in [1.165, 1.54) is 0 Å². The number of benzene rings is 2. The summed E-state index contributed by atoms with van der Waals surface area (Å²) in [6, 6.07) is 20.5. The molecular weight excluding hydrogens is 284 g/mol. The molecule has 110 valence electrons. The number of phenols is 1. The van der Waals surface area contributed by atoms with Crippen LogP contribution in [0.2, 0.25) is 0 Å². The number of hydrogen-bond donors (Lipinski definition) is 1. The van der Waals surface area contributed by atoms with Gasteiger partial charge in [-0.25, -0.2) is 0 Å². The van der Waals surface area contributed by atoms with Crippen molar-refractivity contribution in [1.29, 1.82) is 5.26 Å². The maximum absolute atomic E-state index is 9.93. The molecule has 0 aliphatic heterocycles. The smallest absolute Gasteiger partial charge is 0.124 e. The molecule has 1 aromatic heterocycles. The van der Waals surface area contributed by atoms with Gasteiger partial charge in [0.15, 0.2) is 0 Å². The molecule has 0 radical (unpaired) electrons. The Labute approximate surface area is 134 Å². The van der Waals surface area contributed by atoms with Gasteiger partial charge in [-0.3, -0.25) is 4.98 Å². The van der Waals surface area contributed by atoms with E-state index in [2.05, 4.69) is 11.1 Å². The molecule has 0 saturated carbocycles. The van der Waals surface area contributed by atoms with E-state index in [0.717, 1.165) is 16.8 Å². The summed E-state index contributed by atoms with van der Waals surface area (Å²) in [5.74, 6) is 0.216. The second kappa shape index (κ2) is 6.59. The lowest BCUT2D eigenvalue weighted by Crippen LogP contribution is -1.85. The fourth-order valence-electron chi connectivity index (χ4n) is 2.25. The van der Waals surface area contributed by atoms with Crippen molar-refractivity contribution in [3.05, 3.63) is 83.6 Å². The first-order chi connectivity index (χ1) is 11.3. The SMILES string of the molecule is N#Cc1ccc(C=Cc2ccnc(-c3ccccc3O)c2)cc1. The molecule has 1 heterocycles. The summed E-state index contributed by atoms with van der Waals surface area (Å²) in [6.45, 7) is 0. The first kappa shape index (κ1) is 14.6. The molecule has 0 aliphatic rings. The Bertz CT molecular complexity index is 890. The lowest BCUT2D eigenvalue weighted by atomic mass is 10.1. The van der Waals surface area contributed by atoms with E-state index in [1.54, 1.807) is 30.5 Å². The highest BCUT2D eigenvalue weighted by molar-refractivity contribution is 5.74. The van der Waals surface area contributed by atoms with E-state index < -0.39 is 0 Å². The minimum Gasteiger partial charge on any atom is -0.507 e. The molecule has 3 nitrogen and oxygen atoms in total. The number of rotatable bonds is 3. The standard InChI is InChI=1S/C20H14N2O/c21-14-17-9-6-15(7-10-17)5-8-16-11-12-22-19(13-16)18-3-1-2-4-20(18)23/h1-13,23H. The van der Waals surface area contributed by atoms with Gasteiger partial charge >= 0.3 is 0 Å². The summed E-state index contributed by atoms with van der Waals surface area (Å²) >= 11 is 0. The maximum atomic E-state index is 9.93. The van der Waals surface area contributed by atoms with E-state index in [9.17, 15) is 5.11 Å². The van der Waals surface area contributed by atoms with E-state index in [0.29, 0.717) is 11.1 Å². The molecule has 0 bridgehead atoms. The Hall–Kier alpha value is -3.38. The zero-order valence-electron chi connectivity index (χ0n) is 12.3. The molecule has 0 atom stereocenters. The second-order valence-corrected chi connectivity index (χ2v) is 5.06. The number of pyridine rings is 1. The average molecular weight is 298 g/mol. The lowest BCUT2D eigenvalue weighted by molar-refractivity contribution is 0.477. The highest BCUT2D eigenvalue weighted by atomic mass is 16.3. The molecule has 0 amide bonds. The van der Waals surface area contributed by atoms with E-state index >= 15 is 0 Å². The number of aromatic nitrogens is 1. The summed E-state index contributed by atoms with van der Waals surface area (Å²) in [5.41, 5.74) is 4.09. The van der Waals surface area contributed by atoms with Gasteiger partial charge in [0.05, 0.1) is 17.3 Å². The Balaban J connectivity index is 1.87. The zero-order chi connectivity index (χ0) is 16.1. The highest BCUT2D eigenvalue weighted by Gasteiger charge is 2.04. The number of nitrogens with zero attached hydrogens (tertiary/aromatic N) is 2. The molecular formula is C20H14N2O. The Morgan fingerprint density at radius 1 is 0.913 bits per heavy atom. The number of hydrogen-bond acceptors (Lipinski definition) is 3. The fraction of sp³-hybridized carbons (Fsp3) is 0. The van der Waals surface area contributed by atoms with Crippen LogP contribution in [-0.4, -0.2) is 10.1 Å². The van der Waals surface area contributed by atoms with Crippen LogP contribution in [0.1, 0.15) is 16.7 Å². The van der Waals surface area contributed by atoms with Crippen molar-refractivity contribution < 1.29 is 5.11 Å². The monoisotopic (exact) mass is 298 g/mol. The zero-order valence-corrected chi connectivity index (χ0v) is 12.3. The summed E-state index contributed by atoms with van der Waals surface area (Å²) in [5, 5.41) is 18.7. The number of phenolic OH excluding ortho intramolecular Hbond substituents is 1. The lowest BCUT2D eigenvalue weighted by Gasteiger charge is -2.04. The summed E-state index contributed by atoms with van der Waals surface area (Å²) in [7, 11) is 0. The molecule has 0 aliphatic carbocycles. The minimum absolute atomic E-state index is 0.216. The van der Waals surface area contributed by atoms with Crippen molar-refractivity contribution in [2.24, 2.45) is 0 Å². The topological polar surface area (TPSA) is 56.9 Å². The van der Waals surface area contributed by atoms with Crippen molar-refractivity contribution in [2.45, 2.75) is 0 Å². The van der Waals surface area contributed by atoms with Crippen LogP contribution in [0.3, 0.4) is 0 Å². The molecule has 3 rings (SSSR count). The van der Waals surface area contributed by atoms with Crippen LogP contribution >= 0.6 is 0 Å². The van der Waals surface area contributed by atoms with Crippen LogP contribution in [0, 0.1) is 11.3 Å². The van der Waals surface area contributed by atoms with Gasteiger partial charge in [-0.1, -0.05) is 36.4 Å². The van der Waals surface area contributed by atoms with Crippen molar-refractivity contribution in [3.8, 4) is 23.1 Å². The van der Waals surface area contributed by atoms with Gasteiger partial charge < -0.3 is 5.11 Å². The predicted molar refractivity (Wildman–Crippen MR) is 91.4 cm³/mol. The van der Waals surface area contributed by atoms with Crippen LogP contribution in [0.25, 0.3) is 23.4 Å². The third-order valence-electron chi connectivity index (χ3n) is 3.47. The molecule has 2 aromatic carbocycles. The molecule has 3 aromatic rings. The van der Waals surface area contributed by atoms with Crippen molar-refractivity contribution in [2.75, 3.05) is 0 Å². The van der Waals surface area contributed by atoms with Crippen LogP contribution in [0.15, 0.2) is 66.9 Å². The van der Waals surface area contributed by atoms with Crippen LogP contribution < -0.4 is 0 Å². The van der Waals surface area contributed by atoms with Gasteiger partial charge in [-0.05, 0) is 47.5 Å². The van der Waals surface area contributed by atoms with E-state index in [1.807, 2.05) is 48.6 Å². The van der Waals surface area contributed by atoms with Gasteiger partial charge in [0.2, 0.25) is 0 Å². The molecule has 0 unspecified atom stereocenters. The first-order valence-corrected chi connectivity index (χ1v) is 7.19. The number of para-hydroxylation sites is 1. The first-order valence-electron chi connectivity index (χ1n) is 7.19. The third kappa shape index (κ3) is 3.45. The highest BCUT2D eigenvalue weighted by Crippen LogP contribution is 2.27. The largest absolute Gasteiger partial charge is 0.507 e. The van der Waals surface area contributed by atoms with Gasteiger partial charge in [0.25, 0.3) is 0 Å². The predicted octanol–water partition coefficient (Wildman–Crippen LogP) is 4.50. The van der Waals surface area contributed by atoms with E-state index in [-0.39, 0.29) is 5.75 Å². The maximum Gasteiger partial charge on any atom is 0.124 e. The van der Waals surface area contributed by atoms with Crippen molar-refractivity contribution in [1.82, 2.24) is 4.98 Å². The minimum atomic E-state index is 0.216. The molecule has 3 heteroatoms. The number of aromatic hydroxyl groups is 1. The summed E-state index contributed by atoms with van der Waals surface area (Å²) < 4.78 is 0. The molecule has 1 N–H and O–H groups in total. The Morgan fingerprint density at radius 3 is 2.39 bits per heavy atom. The normalized spacial score (nSPS) is 10.6. The average Bonchev–Trinajstić information content (AvgIpc) is 2.61. The second-order valence-electron chi connectivity index (χ2n) is 5.06. The third-order valence-corrected chi connectivity index (χ3v) is 3.47. The molecule has 0 saturated heterocycles. The van der Waals surface area contributed by atoms with Crippen molar-refractivity contribution >= 4 is 12.2 Å². The number of nitriles is 1. The van der Waals surface area contributed by atoms with Gasteiger partial charge in [0, 0.05) is 11.8 Å². The quantitative estimate of drug-likeness (QED) is 0.774. The molecule has 23 heavy (non-hydrogen) atoms. The van der Waals surface area contributed by atoms with Gasteiger partial charge in [-0.2, -0.15) is 5.26 Å². The van der Waals surface area contributed by atoms with Gasteiger partial charge in [0.1, 0.15) is 5.75 Å². The van der Waals surface area contributed by atoms with Crippen LogP contribution in [0.5, 0.6) is 5.75 Å². The summed E-state index contributed by atoms with van der Waals surface area (Å²) in [6.07, 6.45) is 5.68. The van der Waals surface area contributed by atoms with Crippen molar-refractivity contribution in [3.63, 3.8) is 0 Å². The van der Waals surface area contributed by atoms with Crippen LogP contribution in [0.4, 0.5) is 0 Å². The Kier molecular flexibility index (Phi) is 4.17. The van der Waals surface area contributed by atoms with Crippen LogP contribution in [-0.2, 0) is 0 Å². The van der Waals surface area contributed by atoms with Gasteiger partial charge in [-0.15, -0.1) is 0 Å². The summed E-state index contributed by atoms with van der Waals surface area (Å²) in [4.78, 5) is 4.32. The molecule has 0 spiro atoms. The Morgan fingerprint density at radius 2 is 1.65 bits per heavy atom.